The average Bonchev–Trinajstić information content (AvgIpc) is 2.66. The highest BCUT2D eigenvalue weighted by Crippen LogP contribution is 2.12. The molecule has 0 bridgehead atoms. The number of hydrogen-bond donors (Lipinski definition) is 3. The van der Waals surface area contributed by atoms with Crippen LogP contribution in [0, 0.1) is 13.8 Å². The molecule has 0 aromatic heterocycles. The van der Waals surface area contributed by atoms with Crippen LogP contribution < -0.4 is 16.0 Å². The Morgan fingerprint density at radius 2 is 1.74 bits per heavy atom. The lowest BCUT2D eigenvalue weighted by atomic mass is 10.0. The lowest BCUT2D eigenvalue weighted by Gasteiger charge is -2.18. The number of para-hydroxylation sites is 1. The molecule has 0 saturated carbocycles. The van der Waals surface area contributed by atoms with Crippen molar-refractivity contribution < 1.29 is 9.59 Å². The number of rotatable bonds is 9. The Hall–Kier alpha value is -2.66. The Labute approximate surface area is 161 Å². The van der Waals surface area contributed by atoms with Crippen LogP contribution in [0.4, 0.5) is 5.69 Å². The van der Waals surface area contributed by atoms with Crippen LogP contribution in [0.2, 0.25) is 0 Å². The third kappa shape index (κ3) is 6.87. The largest absolute Gasteiger partial charge is 0.346 e. The standard InChI is InChI=1S/C22H29N3O2/c1-4-23-20(13-12-18-11-10-16(2)17(3)14-18)22(27)24-15-21(26)25-19-8-6-5-7-9-19/h5-11,14,20,23H,4,12-13,15H2,1-3H3,(H,24,27)(H,25,26)/t20-/m0/s1. The zero-order chi connectivity index (χ0) is 19.6. The third-order valence-electron chi connectivity index (χ3n) is 4.54. The van der Waals surface area contributed by atoms with E-state index in [-0.39, 0.29) is 24.4 Å². The predicted octanol–water partition coefficient (Wildman–Crippen LogP) is 2.97. The van der Waals surface area contributed by atoms with E-state index in [1.807, 2.05) is 37.3 Å². The van der Waals surface area contributed by atoms with Gasteiger partial charge in [-0.15, -0.1) is 0 Å². The normalized spacial score (nSPS) is 11.7. The van der Waals surface area contributed by atoms with Crippen molar-refractivity contribution in [3.63, 3.8) is 0 Å². The molecule has 0 aliphatic rings. The van der Waals surface area contributed by atoms with Crippen molar-refractivity contribution in [2.75, 3.05) is 18.4 Å². The molecule has 0 saturated heterocycles. The van der Waals surface area contributed by atoms with Crippen LogP contribution in [0.15, 0.2) is 48.5 Å². The Bertz CT molecular complexity index is 759. The molecule has 27 heavy (non-hydrogen) atoms. The van der Waals surface area contributed by atoms with E-state index in [1.54, 1.807) is 0 Å². The van der Waals surface area contributed by atoms with E-state index in [0.29, 0.717) is 13.0 Å². The molecule has 5 nitrogen and oxygen atoms in total. The summed E-state index contributed by atoms with van der Waals surface area (Å²) in [5.41, 5.74) is 4.46. The van der Waals surface area contributed by atoms with Crippen molar-refractivity contribution in [3.05, 3.63) is 65.2 Å². The van der Waals surface area contributed by atoms with Gasteiger partial charge in [-0.1, -0.05) is 43.3 Å². The van der Waals surface area contributed by atoms with Crippen LogP contribution in [-0.2, 0) is 16.0 Å². The summed E-state index contributed by atoms with van der Waals surface area (Å²) in [6.07, 6.45) is 1.49. The van der Waals surface area contributed by atoms with E-state index in [1.165, 1.54) is 16.7 Å². The topological polar surface area (TPSA) is 70.2 Å². The summed E-state index contributed by atoms with van der Waals surface area (Å²) in [6.45, 7) is 6.81. The zero-order valence-corrected chi connectivity index (χ0v) is 16.3. The predicted molar refractivity (Wildman–Crippen MR) is 110 cm³/mol. The van der Waals surface area contributed by atoms with Gasteiger partial charge in [-0.25, -0.2) is 0 Å². The molecule has 144 valence electrons. The molecule has 2 aromatic rings. The van der Waals surface area contributed by atoms with Gasteiger partial charge in [0.1, 0.15) is 0 Å². The van der Waals surface area contributed by atoms with Gasteiger partial charge in [-0.2, -0.15) is 0 Å². The number of benzene rings is 2. The first-order chi connectivity index (χ1) is 13.0. The summed E-state index contributed by atoms with van der Waals surface area (Å²) >= 11 is 0. The van der Waals surface area contributed by atoms with Crippen LogP contribution >= 0.6 is 0 Å². The lowest BCUT2D eigenvalue weighted by Crippen LogP contribution is -2.46. The fraction of sp³-hybridized carbons (Fsp3) is 0.364. The number of anilines is 1. The highest BCUT2D eigenvalue weighted by molar-refractivity contribution is 5.95. The van der Waals surface area contributed by atoms with Gasteiger partial charge in [0.2, 0.25) is 11.8 Å². The first-order valence-electron chi connectivity index (χ1n) is 9.41. The summed E-state index contributed by atoms with van der Waals surface area (Å²) in [5, 5.41) is 8.70. The number of hydrogen-bond acceptors (Lipinski definition) is 3. The first kappa shape index (κ1) is 20.6. The summed E-state index contributed by atoms with van der Waals surface area (Å²) in [7, 11) is 0. The number of likely N-dealkylation sites (N-methyl/N-ethyl adjacent to an activating group) is 1. The molecule has 2 amide bonds. The van der Waals surface area contributed by atoms with Crippen molar-refractivity contribution in [1.29, 1.82) is 0 Å². The highest BCUT2D eigenvalue weighted by atomic mass is 16.2. The maximum atomic E-state index is 12.5. The van der Waals surface area contributed by atoms with Crippen LogP contribution in [0.5, 0.6) is 0 Å². The molecule has 5 heteroatoms. The van der Waals surface area contributed by atoms with E-state index in [9.17, 15) is 9.59 Å². The molecule has 1 atom stereocenters. The summed E-state index contributed by atoms with van der Waals surface area (Å²) < 4.78 is 0. The Morgan fingerprint density at radius 3 is 2.41 bits per heavy atom. The summed E-state index contributed by atoms with van der Waals surface area (Å²) in [6, 6.07) is 15.3. The third-order valence-corrected chi connectivity index (χ3v) is 4.54. The minimum absolute atomic E-state index is 0.0424. The minimum Gasteiger partial charge on any atom is -0.346 e. The van der Waals surface area contributed by atoms with Gasteiger partial charge < -0.3 is 16.0 Å². The SMILES string of the molecule is CCN[C@@H](CCc1ccc(C)c(C)c1)C(=O)NCC(=O)Nc1ccccc1. The zero-order valence-electron chi connectivity index (χ0n) is 16.3. The van der Waals surface area contributed by atoms with E-state index in [4.69, 9.17) is 0 Å². The van der Waals surface area contributed by atoms with E-state index in [2.05, 4.69) is 48.0 Å². The van der Waals surface area contributed by atoms with Gasteiger partial charge in [0.25, 0.3) is 0 Å². The van der Waals surface area contributed by atoms with Crippen LogP contribution in [0.3, 0.4) is 0 Å². The summed E-state index contributed by atoms with van der Waals surface area (Å²) in [5.74, 6) is -0.386. The average molecular weight is 367 g/mol. The number of carbonyl (C=O) groups excluding carboxylic acids is 2. The molecule has 0 heterocycles. The summed E-state index contributed by atoms with van der Waals surface area (Å²) in [4.78, 5) is 24.5. The highest BCUT2D eigenvalue weighted by Gasteiger charge is 2.18. The first-order valence-corrected chi connectivity index (χ1v) is 9.41. The van der Waals surface area contributed by atoms with E-state index in [0.717, 1.165) is 12.1 Å². The lowest BCUT2D eigenvalue weighted by molar-refractivity contribution is -0.125. The Morgan fingerprint density at radius 1 is 1.00 bits per heavy atom. The maximum Gasteiger partial charge on any atom is 0.243 e. The quantitative estimate of drug-likeness (QED) is 0.638. The molecule has 3 N–H and O–H groups in total. The molecular formula is C22H29N3O2. The van der Waals surface area contributed by atoms with Gasteiger partial charge in [0.05, 0.1) is 12.6 Å². The van der Waals surface area contributed by atoms with Gasteiger partial charge in [0.15, 0.2) is 0 Å². The molecule has 2 aromatic carbocycles. The van der Waals surface area contributed by atoms with Crippen molar-refractivity contribution in [3.8, 4) is 0 Å². The van der Waals surface area contributed by atoms with Gasteiger partial charge >= 0.3 is 0 Å². The van der Waals surface area contributed by atoms with Crippen molar-refractivity contribution in [1.82, 2.24) is 10.6 Å². The smallest absolute Gasteiger partial charge is 0.243 e. The Kier molecular flexibility index (Phi) is 8.01. The van der Waals surface area contributed by atoms with E-state index >= 15 is 0 Å². The molecule has 0 spiro atoms. The second kappa shape index (κ2) is 10.5. The number of nitrogens with one attached hydrogen (secondary N) is 3. The number of amides is 2. The molecular weight excluding hydrogens is 338 g/mol. The van der Waals surface area contributed by atoms with Crippen LogP contribution in [0.1, 0.15) is 30.0 Å². The molecule has 2 rings (SSSR count). The minimum atomic E-state index is -0.318. The van der Waals surface area contributed by atoms with Crippen LogP contribution in [0.25, 0.3) is 0 Å². The maximum absolute atomic E-state index is 12.5. The van der Waals surface area contributed by atoms with Crippen molar-refractivity contribution >= 4 is 17.5 Å². The molecule has 0 fully saturated rings. The van der Waals surface area contributed by atoms with Gasteiger partial charge in [-0.3, -0.25) is 9.59 Å². The number of aryl methyl sites for hydroxylation is 3. The monoisotopic (exact) mass is 367 g/mol. The van der Waals surface area contributed by atoms with E-state index < -0.39 is 0 Å². The second-order valence-corrected chi connectivity index (χ2v) is 6.70. The molecule has 0 aliphatic heterocycles. The second-order valence-electron chi connectivity index (χ2n) is 6.70. The molecule has 0 aliphatic carbocycles. The molecule has 0 unspecified atom stereocenters. The van der Waals surface area contributed by atoms with Crippen molar-refractivity contribution in [2.24, 2.45) is 0 Å². The fourth-order valence-electron chi connectivity index (χ4n) is 2.86. The fourth-order valence-corrected chi connectivity index (χ4v) is 2.86. The van der Waals surface area contributed by atoms with Gasteiger partial charge in [0, 0.05) is 5.69 Å². The Balaban J connectivity index is 1.84. The number of carbonyl (C=O) groups is 2. The van der Waals surface area contributed by atoms with Crippen LogP contribution in [-0.4, -0.2) is 30.9 Å². The molecule has 0 radical (unpaired) electrons. The van der Waals surface area contributed by atoms with Gasteiger partial charge in [-0.05, 0) is 62.1 Å². The van der Waals surface area contributed by atoms with Crippen molar-refractivity contribution in [2.45, 2.75) is 39.7 Å².